The molecule has 0 unspecified atom stereocenters. The number of anilines is 1. The molecular formula is C20H20BrN5O3S. The standard InChI is InChI=1S/C20H20BrN5O3S/c1-20(2)17(27)26(19(28)25-20)7-6-22-18-23-10-13(21)16(24-18)15-8-11-4-5-12(29-3)9-14(11)30-15/h4-5,8-10H,6-7H2,1-3H3,(H,25,28)(H,22,23,24). The molecule has 30 heavy (non-hydrogen) atoms. The van der Waals surface area contributed by atoms with E-state index in [1.165, 1.54) is 4.90 Å². The van der Waals surface area contributed by atoms with E-state index in [-0.39, 0.29) is 18.5 Å². The number of methoxy groups -OCH3 is 1. The summed E-state index contributed by atoms with van der Waals surface area (Å²) in [4.78, 5) is 35.3. The highest BCUT2D eigenvalue weighted by molar-refractivity contribution is 9.10. The number of fused-ring (bicyclic) bond motifs is 1. The molecule has 1 fully saturated rings. The Kier molecular flexibility index (Phi) is 5.37. The van der Waals surface area contributed by atoms with Crippen molar-refractivity contribution in [3.63, 3.8) is 0 Å². The zero-order valence-corrected chi connectivity index (χ0v) is 19.1. The van der Waals surface area contributed by atoms with Crippen LogP contribution in [0.2, 0.25) is 0 Å². The Bertz CT molecular complexity index is 1150. The maximum absolute atomic E-state index is 12.3. The largest absolute Gasteiger partial charge is 0.497 e. The molecule has 1 saturated heterocycles. The molecule has 1 aliphatic heterocycles. The minimum atomic E-state index is -0.873. The Hall–Kier alpha value is -2.72. The number of amides is 3. The Morgan fingerprint density at radius 3 is 2.80 bits per heavy atom. The molecule has 2 N–H and O–H groups in total. The Labute approximate surface area is 185 Å². The van der Waals surface area contributed by atoms with Crippen LogP contribution in [0.4, 0.5) is 10.7 Å². The van der Waals surface area contributed by atoms with E-state index in [9.17, 15) is 9.59 Å². The second-order valence-electron chi connectivity index (χ2n) is 7.34. The molecule has 2 aromatic heterocycles. The van der Waals surface area contributed by atoms with Gasteiger partial charge in [-0.1, -0.05) is 0 Å². The first-order chi connectivity index (χ1) is 14.3. The molecule has 4 rings (SSSR count). The lowest BCUT2D eigenvalue weighted by Gasteiger charge is -2.16. The Morgan fingerprint density at radius 2 is 2.10 bits per heavy atom. The molecule has 156 valence electrons. The number of ether oxygens (including phenoxy) is 1. The number of halogens is 1. The molecule has 0 bridgehead atoms. The van der Waals surface area contributed by atoms with Gasteiger partial charge in [-0.05, 0) is 59.4 Å². The molecule has 3 amide bonds. The van der Waals surface area contributed by atoms with Crippen LogP contribution in [-0.4, -0.2) is 52.5 Å². The van der Waals surface area contributed by atoms with Crippen LogP contribution < -0.4 is 15.4 Å². The van der Waals surface area contributed by atoms with E-state index in [2.05, 4.69) is 42.6 Å². The maximum Gasteiger partial charge on any atom is 0.325 e. The molecule has 0 saturated carbocycles. The number of nitrogens with one attached hydrogen (secondary N) is 2. The highest BCUT2D eigenvalue weighted by Crippen LogP contribution is 2.37. The predicted octanol–water partition coefficient (Wildman–Crippen LogP) is 3.87. The number of imide groups is 1. The first-order valence-corrected chi connectivity index (χ1v) is 10.9. The van der Waals surface area contributed by atoms with Crippen LogP contribution in [0, 0.1) is 0 Å². The highest BCUT2D eigenvalue weighted by Gasteiger charge is 2.43. The van der Waals surface area contributed by atoms with Gasteiger partial charge in [-0.2, -0.15) is 0 Å². The molecule has 1 aromatic carbocycles. The monoisotopic (exact) mass is 489 g/mol. The maximum atomic E-state index is 12.3. The summed E-state index contributed by atoms with van der Waals surface area (Å²) in [5, 5.41) is 6.87. The van der Waals surface area contributed by atoms with Crippen LogP contribution in [0.15, 0.2) is 34.9 Å². The fourth-order valence-electron chi connectivity index (χ4n) is 3.18. The quantitative estimate of drug-likeness (QED) is 0.510. The normalized spacial score (nSPS) is 15.5. The van der Waals surface area contributed by atoms with E-state index in [1.807, 2.05) is 18.2 Å². The second kappa shape index (κ2) is 7.84. The van der Waals surface area contributed by atoms with Crippen molar-refractivity contribution >= 4 is 55.2 Å². The van der Waals surface area contributed by atoms with Crippen molar-refractivity contribution in [1.82, 2.24) is 20.2 Å². The fraction of sp³-hybridized carbons (Fsp3) is 0.300. The van der Waals surface area contributed by atoms with E-state index in [0.717, 1.165) is 30.9 Å². The van der Waals surface area contributed by atoms with Gasteiger partial charge in [-0.15, -0.1) is 11.3 Å². The Morgan fingerprint density at radius 1 is 1.30 bits per heavy atom. The van der Waals surface area contributed by atoms with Crippen molar-refractivity contribution in [2.24, 2.45) is 0 Å². The van der Waals surface area contributed by atoms with Gasteiger partial charge in [0.25, 0.3) is 5.91 Å². The summed E-state index contributed by atoms with van der Waals surface area (Å²) in [6.07, 6.45) is 1.69. The average Bonchev–Trinajstić information content (AvgIpc) is 3.21. The summed E-state index contributed by atoms with van der Waals surface area (Å²) in [6.45, 7) is 3.95. The lowest BCUT2D eigenvalue weighted by molar-refractivity contribution is -0.130. The highest BCUT2D eigenvalue weighted by atomic mass is 79.9. The first-order valence-electron chi connectivity index (χ1n) is 9.27. The molecule has 0 atom stereocenters. The van der Waals surface area contributed by atoms with E-state index in [1.54, 1.807) is 38.5 Å². The van der Waals surface area contributed by atoms with Crippen LogP contribution in [0.5, 0.6) is 5.75 Å². The Balaban J connectivity index is 1.50. The van der Waals surface area contributed by atoms with Gasteiger partial charge in [0, 0.05) is 24.0 Å². The lowest BCUT2D eigenvalue weighted by atomic mass is 10.1. The number of carbonyl (C=O) groups is 2. The average molecular weight is 490 g/mol. The molecule has 0 radical (unpaired) electrons. The summed E-state index contributed by atoms with van der Waals surface area (Å²) >= 11 is 5.14. The van der Waals surface area contributed by atoms with Gasteiger partial charge in [-0.25, -0.2) is 14.8 Å². The molecule has 0 spiro atoms. The number of hydrogen-bond acceptors (Lipinski definition) is 7. The van der Waals surface area contributed by atoms with Crippen LogP contribution in [0.1, 0.15) is 13.8 Å². The predicted molar refractivity (Wildman–Crippen MR) is 120 cm³/mol. The zero-order chi connectivity index (χ0) is 21.5. The number of urea groups is 1. The van der Waals surface area contributed by atoms with Gasteiger partial charge < -0.3 is 15.4 Å². The molecule has 8 nitrogen and oxygen atoms in total. The van der Waals surface area contributed by atoms with Crippen molar-refractivity contribution in [1.29, 1.82) is 0 Å². The van der Waals surface area contributed by atoms with Crippen molar-refractivity contribution in [2.45, 2.75) is 19.4 Å². The van der Waals surface area contributed by atoms with Gasteiger partial charge in [0.15, 0.2) is 0 Å². The SMILES string of the molecule is COc1ccc2cc(-c3nc(NCCN4C(=O)NC(C)(C)C4=O)ncc3Br)sc2c1. The molecule has 10 heteroatoms. The van der Waals surface area contributed by atoms with Crippen LogP contribution in [-0.2, 0) is 4.79 Å². The molecule has 0 aliphatic carbocycles. The molecule has 1 aliphatic rings. The number of hydrogen-bond donors (Lipinski definition) is 2. The van der Waals surface area contributed by atoms with Gasteiger partial charge in [0.2, 0.25) is 5.95 Å². The number of rotatable bonds is 6. The van der Waals surface area contributed by atoms with Crippen LogP contribution in [0.3, 0.4) is 0 Å². The number of nitrogens with zero attached hydrogens (tertiary/aromatic N) is 3. The summed E-state index contributed by atoms with van der Waals surface area (Å²) < 4.78 is 7.18. The van der Waals surface area contributed by atoms with E-state index >= 15 is 0 Å². The molecule has 3 heterocycles. The van der Waals surface area contributed by atoms with E-state index in [4.69, 9.17) is 4.74 Å². The smallest absolute Gasteiger partial charge is 0.325 e. The fourth-order valence-corrected chi connectivity index (χ4v) is 4.81. The molecular weight excluding hydrogens is 470 g/mol. The third-order valence-electron chi connectivity index (χ3n) is 4.77. The van der Waals surface area contributed by atoms with E-state index in [0.29, 0.717) is 12.5 Å². The zero-order valence-electron chi connectivity index (χ0n) is 16.7. The first kappa shape index (κ1) is 20.5. The van der Waals surface area contributed by atoms with Crippen molar-refractivity contribution in [3.05, 3.63) is 34.9 Å². The van der Waals surface area contributed by atoms with Crippen molar-refractivity contribution in [2.75, 3.05) is 25.5 Å². The third kappa shape index (κ3) is 3.84. The number of carbonyl (C=O) groups excluding carboxylic acids is 2. The summed E-state index contributed by atoms with van der Waals surface area (Å²) in [5.41, 5.74) is -0.105. The summed E-state index contributed by atoms with van der Waals surface area (Å²) in [7, 11) is 1.65. The van der Waals surface area contributed by atoms with Crippen LogP contribution in [0.25, 0.3) is 20.7 Å². The van der Waals surface area contributed by atoms with E-state index < -0.39 is 5.54 Å². The summed E-state index contributed by atoms with van der Waals surface area (Å²) in [5.74, 6) is 0.991. The van der Waals surface area contributed by atoms with Crippen molar-refractivity contribution in [3.8, 4) is 16.3 Å². The number of aromatic nitrogens is 2. The minimum Gasteiger partial charge on any atom is -0.497 e. The third-order valence-corrected chi connectivity index (χ3v) is 6.45. The topological polar surface area (TPSA) is 96.5 Å². The van der Waals surface area contributed by atoms with Crippen LogP contribution >= 0.6 is 27.3 Å². The second-order valence-corrected chi connectivity index (χ2v) is 9.28. The number of benzene rings is 1. The van der Waals surface area contributed by atoms with Gasteiger partial charge in [-0.3, -0.25) is 9.69 Å². The molecule has 3 aromatic rings. The van der Waals surface area contributed by atoms with Crippen molar-refractivity contribution < 1.29 is 14.3 Å². The minimum absolute atomic E-state index is 0.228. The van der Waals surface area contributed by atoms with Gasteiger partial charge in [0.05, 0.1) is 16.5 Å². The lowest BCUT2D eigenvalue weighted by Crippen LogP contribution is -2.40. The van der Waals surface area contributed by atoms with Gasteiger partial charge >= 0.3 is 6.03 Å². The number of thiophene rings is 1. The van der Waals surface area contributed by atoms with Gasteiger partial charge in [0.1, 0.15) is 17.0 Å². The summed E-state index contributed by atoms with van der Waals surface area (Å²) in [6, 6.07) is 7.63.